The Kier molecular flexibility index (Phi) is 3.85. The van der Waals surface area contributed by atoms with Crippen LogP contribution in [0.4, 0.5) is 5.69 Å². The molecule has 2 rings (SSSR count). The van der Waals surface area contributed by atoms with Crippen LogP contribution in [-0.2, 0) is 11.2 Å². The SMILES string of the molecule is CC(C=O)=Cc1ccc2c(c1)CCCN2C(C)C. The van der Waals surface area contributed by atoms with Gasteiger partial charge in [-0.05, 0) is 68.5 Å². The summed E-state index contributed by atoms with van der Waals surface area (Å²) in [6.45, 7) is 7.46. The summed E-state index contributed by atoms with van der Waals surface area (Å²) in [6.07, 6.45) is 5.20. The molecule has 1 aliphatic rings. The number of anilines is 1. The molecule has 0 unspecified atom stereocenters. The van der Waals surface area contributed by atoms with Gasteiger partial charge in [0.15, 0.2) is 0 Å². The molecule has 1 aromatic carbocycles. The summed E-state index contributed by atoms with van der Waals surface area (Å²) in [7, 11) is 0. The van der Waals surface area contributed by atoms with Gasteiger partial charge in [-0.3, -0.25) is 4.79 Å². The number of fused-ring (bicyclic) bond motifs is 1. The second-order valence-electron chi connectivity index (χ2n) is 5.29. The van der Waals surface area contributed by atoms with E-state index in [9.17, 15) is 4.79 Å². The van der Waals surface area contributed by atoms with E-state index in [0.29, 0.717) is 6.04 Å². The highest BCUT2D eigenvalue weighted by Crippen LogP contribution is 2.30. The van der Waals surface area contributed by atoms with Crippen LogP contribution in [0.15, 0.2) is 23.8 Å². The molecule has 96 valence electrons. The van der Waals surface area contributed by atoms with Gasteiger partial charge in [-0.25, -0.2) is 0 Å². The van der Waals surface area contributed by atoms with E-state index in [1.807, 2.05) is 13.0 Å². The molecular formula is C16H21NO. The third-order valence-corrected chi connectivity index (χ3v) is 3.46. The van der Waals surface area contributed by atoms with Gasteiger partial charge in [0.1, 0.15) is 6.29 Å². The molecule has 0 saturated heterocycles. The van der Waals surface area contributed by atoms with Gasteiger partial charge < -0.3 is 4.90 Å². The van der Waals surface area contributed by atoms with Gasteiger partial charge in [-0.2, -0.15) is 0 Å². The van der Waals surface area contributed by atoms with Gasteiger partial charge in [-0.15, -0.1) is 0 Å². The third-order valence-electron chi connectivity index (χ3n) is 3.46. The van der Waals surface area contributed by atoms with Crippen molar-refractivity contribution in [2.24, 2.45) is 0 Å². The standard InChI is InChI=1S/C16H21NO/c1-12(2)17-8-4-5-15-10-14(6-7-16(15)17)9-13(3)11-18/h6-7,9-12H,4-5,8H2,1-3H3. The Morgan fingerprint density at radius 2 is 2.17 bits per heavy atom. The Bertz CT molecular complexity index is 474. The normalized spacial score (nSPS) is 15.8. The van der Waals surface area contributed by atoms with Crippen LogP contribution >= 0.6 is 0 Å². The fraction of sp³-hybridized carbons (Fsp3) is 0.438. The van der Waals surface area contributed by atoms with E-state index in [0.717, 1.165) is 30.4 Å². The lowest BCUT2D eigenvalue weighted by Crippen LogP contribution is -2.35. The van der Waals surface area contributed by atoms with Crippen molar-refractivity contribution in [1.82, 2.24) is 0 Å². The van der Waals surface area contributed by atoms with E-state index in [1.165, 1.54) is 17.7 Å². The van der Waals surface area contributed by atoms with Crippen LogP contribution in [0.5, 0.6) is 0 Å². The lowest BCUT2D eigenvalue weighted by atomic mass is 9.97. The number of carbonyl (C=O) groups is 1. The number of aryl methyl sites for hydroxylation is 1. The molecule has 0 spiro atoms. The molecule has 0 aliphatic carbocycles. The molecule has 0 radical (unpaired) electrons. The first-order chi connectivity index (χ1) is 8.61. The highest BCUT2D eigenvalue weighted by molar-refractivity contribution is 5.81. The first kappa shape index (κ1) is 12.9. The van der Waals surface area contributed by atoms with Crippen molar-refractivity contribution < 1.29 is 4.79 Å². The highest BCUT2D eigenvalue weighted by Gasteiger charge is 2.18. The summed E-state index contributed by atoms with van der Waals surface area (Å²) >= 11 is 0. The summed E-state index contributed by atoms with van der Waals surface area (Å²) in [6, 6.07) is 7.06. The minimum atomic E-state index is 0.544. The summed E-state index contributed by atoms with van der Waals surface area (Å²) in [5, 5.41) is 0. The number of benzene rings is 1. The maximum Gasteiger partial charge on any atom is 0.145 e. The predicted octanol–water partition coefficient (Wildman–Crippen LogP) is 3.45. The molecule has 0 atom stereocenters. The Hall–Kier alpha value is -1.57. The minimum Gasteiger partial charge on any atom is -0.369 e. The molecule has 2 heteroatoms. The van der Waals surface area contributed by atoms with Gasteiger partial charge in [0.05, 0.1) is 0 Å². The fourth-order valence-corrected chi connectivity index (χ4v) is 2.57. The van der Waals surface area contributed by atoms with E-state index in [1.54, 1.807) is 0 Å². The number of aldehydes is 1. The lowest BCUT2D eigenvalue weighted by Gasteiger charge is -2.34. The number of hydrogen-bond acceptors (Lipinski definition) is 2. The molecular weight excluding hydrogens is 222 g/mol. The average molecular weight is 243 g/mol. The highest BCUT2D eigenvalue weighted by atomic mass is 16.1. The van der Waals surface area contributed by atoms with Crippen molar-refractivity contribution in [1.29, 1.82) is 0 Å². The second kappa shape index (κ2) is 5.38. The second-order valence-corrected chi connectivity index (χ2v) is 5.29. The summed E-state index contributed by atoms with van der Waals surface area (Å²) in [4.78, 5) is 13.1. The van der Waals surface area contributed by atoms with Crippen molar-refractivity contribution in [3.63, 3.8) is 0 Å². The van der Waals surface area contributed by atoms with Gasteiger partial charge in [-0.1, -0.05) is 6.07 Å². The topological polar surface area (TPSA) is 20.3 Å². The van der Waals surface area contributed by atoms with Crippen LogP contribution in [0.2, 0.25) is 0 Å². The fourth-order valence-electron chi connectivity index (χ4n) is 2.57. The molecule has 0 amide bonds. The summed E-state index contributed by atoms with van der Waals surface area (Å²) in [5.41, 5.74) is 4.66. The van der Waals surface area contributed by atoms with Gasteiger partial charge in [0.2, 0.25) is 0 Å². The Balaban J connectivity index is 2.35. The Labute approximate surface area is 109 Å². The van der Waals surface area contributed by atoms with Crippen LogP contribution in [0.1, 0.15) is 38.3 Å². The smallest absolute Gasteiger partial charge is 0.145 e. The Morgan fingerprint density at radius 1 is 1.39 bits per heavy atom. The van der Waals surface area contributed by atoms with Crippen molar-refractivity contribution in [3.8, 4) is 0 Å². The minimum absolute atomic E-state index is 0.544. The number of nitrogens with zero attached hydrogens (tertiary/aromatic N) is 1. The van der Waals surface area contributed by atoms with E-state index >= 15 is 0 Å². The zero-order chi connectivity index (χ0) is 13.1. The van der Waals surface area contributed by atoms with Gasteiger partial charge in [0.25, 0.3) is 0 Å². The van der Waals surface area contributed by atoms with Gasteiger partial charge >= 0.3 is 0 Å². The van der Waals surface area contributed by atoms with Crippen molar-refractivity contribution in [3.05, 3.63) is 34.9 Å². The molecule has 18 heavy (non-hydrogen) atoms. The molecule has 1 aromatic rings. The van der Waals surface area contributed by atoms with E-state index in [2.05, 4.69) is 36.9 Å². The first-order valence-corrected chi connectivity index (χ1v) is 6.65. The van der Waals surface area contributed by atoms with E-state index in [-0.39, 0.29) is 0 Å². The van der Waals surface area contributed by atoms with Crippen molar-refractivity contribution in [2.75, 3.05) is 11.4 Å². The molecule has 2 nitrogen and oxygen atoms in total. The molecule has 0 bridgehead atoms. The van der Waals surface area contributed by atoms with Gasteiger partial charge in [0, 0.05) is 18.3 Å². The zero-order valence-corrected chi connectivity index (χ0v) is 11.4. The molecule has 0 aromatic heterocycles. The van der Waals surface area contributed by atoms with E-state index < -0.39 is 0 Å². The van der Waals surface area contributed by atoms with Crippen LogP contribution in [0, 0.1) is 0 Å². The molecule has 0 N–H and O–H groups in total. The maximum absolute atomic E-state index is 10.7. The number of carbonyl (C=O) groups excluding carboxylic acids is 1. The Morgan fingerprint density at radius 3 is 2.83 bits per heavy atom. The predicted molar refractivity (Wildman–Crippen MR) is 77.0 cm³/mol. The number of hydrogen-bond donors (Lipinski definition) is 0. The first-order valence-electron chi connectivity index (χ1n) is 6.65. The van der Waals surface area contributed by atoms with Crippen LogP contribution in [0.3, 0.4) is 0 Å². The molecule has 1 heterocycles. The van der Waals surface area contributed by atoms with Crippen LogP contribution < -0.4 is 4.90 Å². The van der Waals surface area contributed by atoms with Crippen LogP contribution in [-0.4, -0.2) is 18.9 Å². The van der Waals surface area contributed by atoms with Crippen molar-refractivity contribution >= 4 is 18.0 Å². The summed E-state index contributed by atoms with van der Waals surface area (Å²) < 4.78 is 0. The molecule has 0 saturated carbocycles. The third kappa shape index (κ3) is 2.63. The maximum atomic E-state index is 10.7. The lowest BCUT2D eigenvalue weighted by molar-refractivity contribution is -0.104. The molecule has 0 fully saturated rings. The zero-order valence-electron chi connectivity index (χ0n) is 11.4. The largest absolute Gasteiger partial charge is 0.369 e. The monoisotopic (exact) mass is 243 g/mol. The quantitative estimate of drug-likeness (QED) is 0.598. The van der Waals surface area contributed by atoms with E-state index in [4.69, 9.17) is 0 Å². The van der Waals surface area contributed by atoms with Crippen molar-refractivity contribution in [2.45, 2.75) is 39.7 Å². The molecule has 1 aliphatic heterocycles. The average Bonchev–Trinajstić information content (AvgIpc) is 2.37. The number of allylic oxidation sites excluding steroid dienone is 1. The van der Waals surface area contributed by atoms with Crippen LogP contribution in [0.25, 0.3) is 6.08 Å². The summed E-state index contributed by atoms with van der Waals surface area (Å²) in [5.74, 6) is 0. The number of rotatable bonds is 3.